The van der Waals surface area contributed by atoms with Crippen LogP contribution in [0, 0.1) is 5.82 Å². The monoisotopic (exact) mass is 429 g/mol. The summed E-state index contributed by atoms with van der Waals surface area (Å²) in [5.74, 6) is -3.42. The molecular formula is C19H28FN3O7. The van der Waals surface area contributed by atoms with Crippen molar-refractivity contribution in [3.05, 3.63) is 35.6 Å². The molecule has 168 valence electrons. The number of benzene rings is 1. The number of hydrogen-bond acceptors (Lipinski definition) is 5. The highest BCUT2D eigenvalue weighted by Gasteiger charge is 2.19. The number of carboxylic acids is 3. The summed E-state index contributed by atoms with van der Waals surface area (Å²) in [7, 11) is 0. The molecule has 0 saturated carbocycles. The van der Waals surface area contributed by atoms with E-state index in [-0.39, 0.29) is 18.7 Å². The molecule has 0 aliphatic carbocycles. The summed E-state index contributed by atoms with van der Waals surface area (Å²) in [6.07, 6.45) is 1.71. The molecule has 1 unspecified atom stereocenters. The Morgan fingerprint density at radius 1 is 1.00 bits per heavy atom. The van der Waals surface area contributed by atoms with Crippen molar-refractivity contribution < 1.29 is 38.9 Å². The molecule has 0 fully saturated rings. The maximum atomic E-state index is 12.8. The lowest BCUT2D eigenvalue weighted by Crippen LogP contribution is -2.47. The third-order valence-electron chi connectivity index (χ3n) is 3.64. The molecule has 6 N–H and O–H groups in total. The van der Waals surface area contributed by atoms with Crippen molar-refractivity contribution in [2.45, 2.75) is 45.2 Å². The van der Waals surface area contributed by atoms with Crippen molar-refractivity contribution in [3.8, 4) is 0 Å². The Morgan fingerprint density at radius 2 is 1.60 bits per heavy atom. The fourth-order valence-electron chi connectivity index (χ4n) is 2.06. The van der Waals surface area contributed by atoms with Crippen molar-refractivity contribution in [3.63, 3.8) is 0 Å². The second kappa shape index (κ2) is 15.7. The van der Waals surface area contributed by atoms with Crippen LogP contribution in [-0.2, 0) is 20.9 Å². The molecular weight excluding hydrogens is 401 g/mol. The third-order valence-corrected chi connectivity index (χ3v) is 3.64. The molecule has 1 rings (SSSR count). The highest BCUT2D eigenvalue weighted by molar-refractivity contribution is 5.84. The fourth-order valence-corrected chi connectivity index (χ4v) is 2.06. The predicted molar refractivity (Wildman–Crippen MR) is 105 cm³/mol. The SMILES string of the molecule is CCC(=O)O.O=C(O)CNC(=O)NC(CCCCNCc1ccc(F)cc1)C(=O)O. The summed E-state index contributed by atoms with van der Waals surface area (Å²) in [6, 6.07) is 4.23. The maximum absolute atomic E-state index is 12.8. The minimum atomic E-state index is -1.21. The van der Waals surface area contributed by atoms with Gasteiger partial charge in [0, 0.05) is 13.0 Å². The summed E-state index contributed by atoms with van der Waals surface area (Å²) < 4.78 is 12.8. The van der Waals surface area contributed by atoms with Gasteiger partial charge in [0.1, 0.15) is 18.4 Å². The number of urea groups is 1. The highest BCUT2D eigenvalue weighted by Crippen LogP contribution is 2.04. The van der Waals surface area contributed by atoms with E-state index in [2.05, 4.69) is 10.6 Å². The normalized spacial score (nSPS) is 10.9. The van der Waals surface area contributed by atoms with Gasteiger partial charge >= 0.3 is 23.9 Å². The van der Waals surface area contributed by atoms with Gasteiger partial charge in [-0.15, -0.1) is 0 Å². The summed E-state index contributed by atoms with van der Waals surface area (Å²) in [5.41, 5.74) is 0.946. The Labute approximate surface area is 173 Å². The van der Waals surface area contributed by atoms with Gasteiger partial charge in [-0.05, 0) is 43.5 Å². The number of nitrogens with one attached hydrogen (secondary N) is 3. The van der Waals surface area contributed by atoms with Gasteiger partial charge in [-0.2, -0.15) is 0 Å². The molecule has 0 saturated heterocycles. The number of carbonyl (C=O) groups is 4. The lowest BCUT2D eigenvalue weighted by Gasteiger charge is -2.14. The average molecular weight is 429 g/mol. The van der Waals surface area contributed by atoms with Gasteiger partial charge in [0.2, 0.25) is 0 Å². The summed E-state index contributed by atoms with van der Waals surface area (Å²) in [6.45, 7) is 2.25. The first-order valence-corrected chi connectivity index (χ1v) is 9.31. The minimum absolute atomic E-state index is 0.222. The van der Waals surface area contributed by atoms with E-state index in [0.29, 0.717) is 25.9 Å². The van der Waals surface area contributed by atoms with Crippen LogP contribution in [0.4, 0.5) is 9.18 Å². The van der Waals surface area contributed by atoms with Gasteiger partial charge in [0.25, 0.3) is 0 Å². The van der Waals surface area contributed by atoms with Gasteiger partial charge in [-0.3, -0.25) is 9.59 Å². The molecule has 0 heterocycles. The first kappa shape index (κ1) is 26.8. The van der Waals surface area contributed by atoms with Crippen molar-refractivity contribution >= 4 is 23.9 Å². The van der Waals surface area contributed by atoms with Crippen molar-refractivity contribution in [1.82, 2.24) is 16.0 Å². The first-order chi connectivity index (χ1) is 14.1. The van der Waals surface area contributed by atoms with E-state index in [1.54, 1.807) is 19.1 Å². The molecule has 0 aliphatic heterocycles. The first-order valence-electron chi connectivity index (χ1n) is 9.31. The van der Waals surface area contributed by atoms with Crippen LogP contribution in [0.5, 0.6) is 0 Å². The number of halogens is 1. The van der Waals surface area contributed by atoms with E-state index >= 15 is 0 Å². The van der Waals surface area contributed by atoms with Gasteiger partial charge in [-0.25, -0.2) is 14.0 Å². The Bertz CT molecular complexity index is 683. The zero-order valence-corrected chi connectivity index (χ0v) is 16.7. The van der Waals surface area contributed by atoms with E-state index < -0.39 is 36.5 Å². The lowest BCUT2D eigenvalue weighted by atomic mass is 10.1. The predicted octanol–water partition coefficient (Wildman–Crippen LogP) is 1.40. The largest absolute Gasteiger partial charge is 0.481 e. The van der Waals surface area contributed by atoms with Crippen LogP contribution in [-0.4, -0.2) is 58.4 Å². The standard InChI is InChI=1S/C16H22FN3O5.C3H6O2/c17-12-6-4-11(5-7-12)9-18-8-2-1-3-13(15(23)24)20-16(25)19-10-14(21)22;1-2-3(4)5/h4-7,13,18H,1-3,8-10H2,(H,21,22)(H,23,24)(H2,19,20,25);2H2,1H3,(H,4,5). The van der Waals surface area contributed by atoms with Crippen LogP contribution in [0.1, 0.15) is 38.2 Å². The van der Waals surface area contributed by atoms with E-state index in [4.69, 9.17) is 15.3 Å². The number of unbranched alkanes of at least 4 members (excludes halogenated alkanes) is 1. The van der Waals surface area contributed by atoms with Crippen molar-refractivity contribution in [2.75, 3.05) is 13.1 Å². The van der Waals surface area contributed by atoms with Crippen LogP contribution in [0.15, 0.2) is 24.3 Å². The van der Waals surface area contributed by atoms with Crippen LogP contribution < -0.4 is 16.0 Å². The molecule has 0 aromatic heterocycles. The smallest absolute Gasteiger partial charge is 0.326 e. The summed E-state index contributed by atoms with van der Waals surface area (Å²) >= 11 is 0. The van der Waals surface area contributed by atoms with Gasteiger partial charge in [-0.1, -0.05) is 19.1 Å². The zero-order valence-electron chi connectivity index (χ0n) is 16.7. The summed E-state index contributed by atoms with van der Waals surface area (Å²) in [4.78, 5) is 42.2. The molecule has 0 radical (unpaired) electrons. The number of rotatable bonds is 12. The number of aliphatic carboxylic acids is 3. The molecule has 0 spiro atoms. The van der Waals surface area contributed by atoms with Gasteiger partial charge in [0.15, 0.2) is 0 Å². The number of carbonyl (C=O) groups excluding carboxylic acids is 1. The third kappa shape index (κ3) is 14.8. The van der Waals surface area contributed by atoms with Crippen molar-refractivity contribution in [1.29, 1.82) is 0 Å². The molecule has 30 heavy (non-hydrogen) atoms. The second-order valence-electron chi connectivity index (χ2n) is 6.16. The Hall–Kier alpha value is -3.21. The Morgan fingerprint density at radius 3 is 2.10 bits per heavy atom. The van der Waals surface area contributed by atoms with Crippen LogP contribution in [0.2, 0.25) is 0 Å². The minimum Gasteiger partial charge on any atom is -0.481 e. The van der Waals surface area contributed by atoms with Gasteiger partial charge in [0.05, 0.1) is 0 Å². The molecule has 0 aliphatic rings. The van der Waals surface area contributed by atoms with E-state index in [1.807, 2.05) is 5.32 Å². The Kier molecular flexibility index (Phi) is 14.0. The second-order valence-corrected chi connectivity index (χ2v) is 6.16. The molecule has 2 amide bonds. The molecule has 11 heteroatoms. The number of carboxylic acid groups (broad SMARTS) is 3. The lowest BCUT2D eigenvalue weighted by molar-refractivity contribution is -0.139. The van der Waals surface area contributed by atoms with E-state index in [0.717, 1.165) is 5.56 Å². The van der Waals surface area contributed by atoms with Crippen LogP contribution >= 0.6 is 0 Å². The van der Waals surface area contributed by atoms with Crippen LogP contribution in [0.3, 0.4) is 0 Å². The molecule has 1 aromatic carbocycles. The van der Waals surface area contributed by atoms with Gasteiger partial charge < -0.3 is 31.3 Å². The van der Waals surface area contributed by atoms with Crippen LogP contribution in [0.25, 0.3) is 0 Å². The Balaban J connectivity index is 0.00000150. The zero-order chi connectivity index (χ0) is 22.9. The molecule has 1 aromatic rings. The van der Waals surface area contributed by atoms with E-state index in [1.165, 1.54) is 12.1 Å². The quantitative estimate of drug-likeness (QED) is 0.271. The fraction of sp³-hybridized carbons (Fsp3) is 0.474. The molecule has 1 atom stereocenters. The number of hydrogen-bond donors (Lipinski definition) is 6. The average Bonchev–Trinajstić information content (AvgIpc) is 2.69. The topological polar surface area (TPSA) is 165 Å². The summed E-state index contributed by atoms with van der Waals surface area (Å²) in [5, 5.41) is 32.7. The highest BCUT2D eigenvalue weighted by atomic mass is 19.1. The molecule has 0 bridgehead atoms. The molecule has 10 nitrogen and oxygen atoms in total. The van der Waals surface area contributed by atoms with Crippen molar-refractivity contribution in [2.24, 2.45) is 0 Å². The van der Waals surface area contributed by atoms with E-state index in [9.17, 15) is 23.6 Å². The maximum Gasteiger partial charge on any atom is 0.326 e. The number of amides is 2.